The molecule has 2 rings (SSSR count). The Bertz CT molecular complexity index is 423. The van der Waals surface area contributed by atoms with Crippen molar-refractivity contribution in [2.45, 2.75) is 12.5 Å². The molecule has 17 heavy (non-hydrogen) atoms. The van der Waals surface area contributed by atoms with Crippen LogP contribution in [0.4, 0.5) is 5.95 Å². The van der Waals surface area contributed by atoms with Gasteiger partial charge in [-0.15, -0.1) is 0 Å². The largest absolute Gasteiger partial charge is 0.481 e. The van der Waals surface area contributed by atoms with Gasteiger partial charge in [0, 0.05) is 25.5 Å². The number of nitrogens with zero attached hydrogens (tertiary/aromatic N) is 3. The molecule has 2 heterocycles. The van der Waals surface area contributed by atoms with Crippen LogP contribution in [-0.2, 0) is 9.59 Å². The van der Waals surface area contributed by atoms with E-state index in [1.807, 2.05) is 0 Å². The first kappa shape index (κ1) is 11.3. The molecule has 1 fully saturated rings. The lowest BCUT2D eigenvalue weighted by atomic mass is 10.1. The van der Waals surface area contributed by atoms with Gasteiger partial charge in [0.25, 0.3) is 0 Å². The molecule has 0 bridgehead atoms. The Balaban J connectivity index is 2.23. The Hall–Kier alpha value is -2.18. The average molecular weight is 236 g/mol. The normalized spacial score (nSPS) is 19.9. The Morgan fingerprint density at radius 1 is 1.53 bits per heavy atom. The third kappa shape index (κ3) is 2.49. The monoisotopic (exact) mass is 236 g/mol. The van der Waals surface area contributed by atoms with Gasteiger partial charge in [-0.25, -0.2) is 9.97 Å². The van der Waals surface area contributed by atoms with Crippen LogP contribution in [0.5, 0.6) is 0 Å². The van der Waals surface area contributed by atoms with Gasteiger partial charge in [-0.1, -0.05) is 0 Å². The molecule has 1 aliphatic heterocycles. The molecule has 1 aromatic heterocycles. The van der Waals surface area contributed by atoms with Crippen LogP contribution in [-0.4, -0.2) is 46.1 Å². The fourth-order valence-corrected chi connectivity index (χ4v) is 1.76. The van der Waals surface area contributed by atoms with E-state index in [0.717, 1.165) is 0 Å². The van der Waals surface area contributed by atoms with Crippen LogP contribution in [0, 0.1) is 0 Å². The summed E-state index contributed by atoms with van der Waals surface area (Å²) in [6.07, 6.45) is 2.86. The first-order valence-corrected chi connectivity index (χ1v) is 5.21. The summed E-state index contributed by atoms with van der Waals surface area (Å²) >= 11 is 0. The fraction of sp³-hybridized carbons (Fsp3) is 0.400. The first-order chi connectivity index (χ1) is 8.18. The van der Waals surface area contributed by atoms with E-state index < -0.39 is 12.0 Å². The number of carbonyl (C=O) groups is 2. The van der Waals surface area contributed by atoms with Crippen molar-refractivity contribution in [3.05, 3.63) is 18.5 Å². The van der Waals surface area contributed by atoms with Crippen molar-refractivity contribution in [1.29, 1.82) is 0 Å². The summed E-state index contributed by atoms with van der Waals surface area (Å²) in [7, 11) is 0. The number of hydrogen-bond acceptors (Lipinski definition) is 5. The number of hydrogen-bond donors (Lipinski definition) is 2. The van der Waals surface area contributed by atoms with Gasteiger partial charge in [0.05, 0.1) is 6.42 Å². The van der Waals surface area contributed by atoms with Crippen LogP contribution >= 0.6 is 0 Å². The molecule has 2 N–H and O–H groups in total. The lowest BCUT2D eigenvalue weighted by Gasteiger charge is -2.34. The highest BCUT2D eigenvalue weighted by atomic mass is 16.4. The van der Waals surface area contributed by atoms with E-state index in [1.165, 1.54) is 0 Å². The number of piperazine rings is 1. The molecule has 1 saturated heterocycles. The molecule has 90 valence electrons. The Kier molecular flexibility index (Phi) is 3.17. The molecule has 0 saturated carbocycles. The van der Waals surface area contributed by atoms with Gasteiger partial charge in [0.15, 0.2) is 0 Å². The standard InChI is InChI=1S/C10H12N4O3/c15-8(16)6-7-9(17)11-4-5-14(7)10-12-2-1-3-13-10/h1-3,7H,4-6H2,(H,11,17)(H,15,16). The lowest BCUT2D eigenvalue weighted by Crippen LogP contribution is -2.56. The summed E-state index contributed by atoms with van der Waals surface area (Å²) in [6.45, 7) is 0.973. The number of aromatic nitrogens is 2. The topological polar surface area (TPSA) is 95.4 Å². The first-order valence-electron chi connectivity index (χ1n) is 5.21. The number of carboxylic acid groups (broad SMARTS) is 1. The highest BCUT2D eigenvalue weighted by Gasteiger charge is 2.32. The summed E-state index contributed by atoms with van der Waals surface area (Å²) in [4.78, 5) is 32.1. The molecule has 0 spiro atoms. The van der Waals surface area contributed by atoms with Gasteiger partial charge in [0.2, 0.25) is 11.9 Å². The van der Waals surface area contributed by atoms with E-state index in [4.69, 9.17) is 5.11 Å². The van der Waals surface area contributed by atoms with Crippen molar-refractivity contribution in [3.8, 4) is 0 Å². The maximum Gasteiger partial charge on any atom is 0.305 e. The molecule has 0 aromatic carbocycles. The third-order valence-electron chi connectivity index (χ3n) is 2.51. The highest BCUT2D eigenvalue weighted by molar-refractivity contribution is 5.89. The van der Waals surface area contributed by atoms with Crippen LogP contribution in [0.25, 0.3) is 0 Å². The second kappa shape index (κ2) is 4.77. The number of carbonyl (C=O) groups excluding carboxylic acids is 1. The molecule has 0 radical (unpaired) electrons. The van der Waals surface area contributed by atoms with Crippen LogP contribution in [0.3, 0.4) is 0 Å². The van der Waals surface area contributed by atoms with Crippen molar-refractivity contribution in [2.24, 2.45) is 0 Å². The van der Waals surface area contributed by atoms with E-state index in [9.17, 15) is 9.59 Å². The van der Waals surface area contributed by atoms with Crippen LogP contribution < -0.4 is 10.2 Å². The lowest BCUT2D eigenvalue weighted by molar-refractivity contribution is -0.139. The third-order valence-corrected chi connectivity index (χ3v) is 2.51. The van der Waals surface area contributed by atoms with Crippen molar-refractivity contribution >= 4 is 17.8 Å². The smallest absolute Gasteiger partial charge is 0.305 e. The van der Waals surface area contributed by atoms with Gasteiger partial charge in [-0.3, -0.25) is 9.59 Å². The molecule has 1 unspecified atom stereocenters. The summed E-state index contributed by atoms with van der Waals surface area (Å²) < 4.78 is 0. The number of nitrogens with one attached hydrogen (secondary N) is 1. The van der Waals surface area contributed by atoms with Crippen LogP contribution in [0.1, 0.15) is 6.42 Å². The van der Waals surface area contributed by atoms with Gasteiger partial charge in [-0.05, 0) is 6.07 Å². The summed E-state index contributed by atoms with van der Waals surface area (Å²) in [5.74, 6) is -0.937. The Morgan fingerprint density at radius 3 is 2.88 bits per heavy atom. The molecular weight excluding hydrogens is 224 g/mol. The number of aliphatic carboxylic acids is 1. The van der Waals surface area contributed by atoms with Gasteiger partial charge >= 0.3 is 5.97 Å². The second-order valence-corrected chi connectivity index (χ2v) is 3.65. The fourth-order valence-electron chi connectivity index (χ4n) is 1.76. The molecule has 1 amide bonds. The maximum atomic E-state index is 11.6. The SMILES string of the molecule is O=C(O)CC1C(=O)NCCN1c1ncccn1. The molecule has 0 aliphatic carbocycles. The predicted octanol–water partition coefficient (Wildman–Crippen LogP) is -0.744. The van der Waals surface area contributed by atoms with Crippen LogP contribution in [0.2, 0.25) is 0 Å². The zero-order valence-corrected chi connectivity index (χ0v) is 9.04. The summed E-state index contributed by atoms with van der Waals surface area (Å²) in [5, 5.41) is 11.4. The molecule has 1 atom stereocenters. The maximum absolute atomic E-state index is 11.6. The zero-order valence-electron chi connectivity index (χ0n) is 9.04. The van der Waals surface area contributed by atoms with Gasteiger partial charge in [0.1, 0.15) is 6.04 Å². The van der Waals surface area contributed by atoms with E-state index in [0.29, 0.717) is 19.0 Å². The van der Waals surface area contributed by atoms with E-state index >= 15 is 0 Å². The minimum atomic E-state index is -1.02. The summed E-state index contributed by atoms with van der Waals surface area (Å²) in [5.41, 5.74) is 0. The number of anilines is 1. The quantitative estimate of drug-likeness (QED) is 0.717. The Morgan fingerprint density at radius 2 is 2.24 bits per heavy atom. The summed E-state index contributed by atoms with van der Waals surface area (Å²) in [6, 6.07) is 0.920. The number of carboxylic acids is 1. The zero-order chi connectivity index (χ0) is 12.3. The van der Waals surface area contributed by atoms with Crippen molar-refractivity contribution in [1.82, 2.24) is 15.3 Å². The van der Waals surface area contributed by atoms with Crippen molar-refractivity contribution in [2.75, 3.05) is 18.0 Å². The molecule has 7 heteroatoms. The van der Waals surface area contributed by atoms with Gasteiger partial charge in [-0.2, -0.15) is 0 Å². The van der Waals surface area contributed by atoms with E-state index in [-0.39, 0.29) is 12.3 Å². The van der Waals surface area contributed by atoms with Crippen molar-refractivity contribution < 1.29 is 14.7 Å². The van der Waals surface area contributed by atoms with E-state index in [2.05, 4.69) is 15.3 Å². The molecule has 1 aromatic rings. The average Bonchev–Trinajstić information content (AvgIpc) is 2.32. The molecular formula is C10H12N4O3. The van der Waals surface area contributed by atoms with Crippen molar-refractivity contribution in [3.63, 3.8) is 0 Å². The minimum Gasteiger partial charge on any atom is -0.481 e. The highest BCUT2D eigenvalue weighted by Crippen LogP contribution is 2.15. The minimum absolute atomic E-state index is 0.260. The molecule has 1 aliphatic rings. The van der Waals surface area contributed by atoms with Crippen LogP contribution in [0.15, 0.2) is 18.5 Å². The number of rotatable bonds is 3. The Labute approximate surface area is 97.5 Å². The van der Waals surface area contributed by atoms with Gasteiger partial charge < -0.3 is 15.3 Å². The molecule has 7 nitrogen and oxygen atoms in total. The predicted molar refractivity (Wildman–Crippen MR) is 58.4 cm³/mol. The van der Waals surface area contributed by atoms with E-state index in [1.54, 1.807) is 23.4 Å². The second-order valence-electron chi connectivity index (χ2n) is 3.65. The number of amides is 1.